The van der Waals surface area contributed by atoms with Crippen molar-refractivity contribution >= 4 is 34.2 Å². The van der Waals surface area contributed by atoms with E-state index in [4.69, 9.17) is 35.3 Å². The third-order valence-corrected chi connectivity index (χ3v) is 6.75. The minimum atomic E-state index is -0.775. The van der Waals surface area contributed by atoms with Crippen molar-refractivity contribution in [2.45, 2.75) is 18.9 Å². The second-order valence-electron chi connectivity index (χ2n) is 8.72. The lowest BCUT2D eigenvalue weighted by Gasteiger charge is -2.32. The van der Waals surface area contributed by atoms with Gasteiger partial charge in [-0.2, -0.15) is 0 Å². The number of aliphatic carboxylic acids is 1. The fraction of sp³-hybridized carbons (Fsp3) is 0.385. The number of benzene rings is 2. The van der Waals surface area contributed by atoms with Crippen molar-refractivity contribution in [3.8, 4) is 17.1 Å². The number of halogens is 1. The normalized spacial score (nSPS) is 20.0. The van der Waals surface area contributed by atoms with E-state index in [0.717, 1.165) is 18.8 Å². The van der Waals surface area contributed by atoms with E-state index in [-0.39, 0.29) is 24.1 Å². The molecular formula is C26H26ClNO7. The molecule has 2 heterocycles. The van der Waals surface area contributed by atoms with Gasteiger partial charge in [-0.3, -0.25) is 9.59 Å². The molecule has 2 aromatic carbocycles. The molecule has 0 atom stereocenters. The Hall–Kier alpha value is -3.07. The summed E-state index contributed by atoms with van der Waals surface area (Å²) < 4.78 is 23.4. The maximum Gasteiger partial charge on any atom is 0.306 e. The molecular weight excluding hydrogens is 474 g/mol. The maximum absolute atomic E-state index is 12.8. The lowest BCUT2D eigenvalue weighted by Crippen LogP contribution is -2.37. The van der Waals surface area contributed by atoms with Crippen molar-refractivity contribution in [2.75, 3.05) is 44.4 Å². The third-order valence-electron chi connectivity index (χ3n) is 6.45. The largest absolute Gasteiger partial charge is 0.490 e. The number of fused-ring (bicyclic) bond motifs is 1. The Morgan fingerprint density at radius 3 is 2.69 bits per heavy atom. The van der Waals surface area contributed by atoms with Crippen LogP contribution in [0.3, 0.4) is 0 Å². The van der Waals surface area contributed by atoms with Crippen molar-refractivity contribution < 1.29 is 28.5 Å². The number of para-hydroxylation sites is 1. The first-order chi connectivity index (χ1) is 17.0. The SMILES string of the molecule is O=c1cc(-c2ccc(N3CCOCC3)cc2OCCO[C@H]2C[C@H](C(=O)O)C2)oc2c(Cl)cccc12. The average molecular weight is 500 g/mol. The van der Waals surface area contributed by atoms with Crippen LogP contribution in [0.15, 0.2) is 51.7 Å². The molecule has 0 amide bonds. The molecule has 1 saturated carbocycles. The van der Waals surface area contributed by atoms with Gasteiger partial charge in [0.05, 0.1) is 47.8 Å². The summed E-state index contributed by atoms with van der Waals surface area (Å²) in [7, 11) is 0. The molecule has 1 aliphatic heterocycles. The zero-order valence-electron chi connectivity index (χ0n) is 19.1. The van der Waals surface area contributed by atoms with E-state index in [9.17, 15) is 9.59 Å². The number of hydrogen-bond acceptors (Lipinski definition) is 7. The zero-order chi connectivity index (χ0) is 24.4. The highest BCUT2D eigenvalue weighted by Crippen LogP contribution is 2.36. The van der Waals surface area contributed by atoms with Gasteiger partial charge in [-0.05, 0) is 37.1 Å². The van der Waals surface area contributed by atoms with Crippen LogP contribution in [0.1, 0.15) is 12.8 Å². The predicted molar refractivity (Wildman–Crippen MR) is 132 cm³/mol. The maximum atomic E-state index is 12.8. The smallest absolute Gasteiger partial charge is 0.306 e. The molecule has 1 aromatic heterocycles. The van der Waals surface area contributed by atoms with Gasteiger partial charge < -0.3 is 28.6 Å². The molecule has 2 fully saturated rings. The summed E-state index contributed by atoms with van der Waals surface area (Å²) in [6.45, 7) is 3.45. The highest BCUT2D eigenvalue weighted by atomic mass is 35.5. The number of nitrogens with zero attached hydrogens (tertiary/aromatic N) is 1. The standard InChI is InChI=1S/C26H26ClNO7/c27-21-3-1-2-19-22(29)15-24(35-25(19)21)20-5-4-17(28-6-8-32-9-7-28)14-23(20)34-11-10-33-18-12-16(13-18)26(30)31/h1-5,14-16,18H,6-13H2,(H,30,31)/t16-,18-. The monoisotopic (exact) mass is 499 g/mol. The summed E-state index contributed by atoms with van der Waals surface area (Å²) in [5.41, 5.74) is 1.77. The molecule has 2 aliphatic rings. The number of carboxylic acid groups (broad SMARTS) is 1. The topological polar surface area (TPSA) is 98.4 Å². The number of rotatable bonds is 8. The molecule has 1 N–H and O–H groups in total. The van der Waals surface area contributed by atoms with E-state index >= 15 is 0 Å². The molecule has 0 unspecified atom stereocenters. The Balaban J connectivity index is 1.38. The van der Waals surface area contributed by atoms with Crippen LogP contribution in [0.4, 0.5) is 5.69 Å². The number of carboxylic acids is 1. The number of morpholine rings is 1. The number of hydrogen-bond donors (Lipinski definition) is 1. The van der Waals surface area contributed by atoms with Crippen LogP contribution in [0.5, 0.6) is 5.75 Å². The van der Waals surface area contributed by atoms with Crippen LogP contribution in [-0.4, -0.2) is 56.7 Å². The second-order valence-corrected chi connectivity index (χ2v) is 9.13. The molecule has 5 rings (SSSR count). The Morgan fingerprint density at radius 2 is 1.91 bits per heavy atom. The van der Waals surface area contributed by atoms with E-state index < -0.39 is 5.97 Å². The van der Waals surface area contributed by atoms with Gasteiger partial charge in [0.1, 0.15) is 18.1 Å². The van der Waals surface area contributed by atoms with Crippen LogP contribution in [0.25, 0.3) is 22.3 Å². The van der Waals surface area contributed by atoms with E-state index in [1.54, 1.807) is 18.2 Å². The van der Waals surface area contributed by atoms with Crippen LogP contribution in [0.2, 0.25) is 5.02 Å². The first-order valence-corrected chi connectivity index (χ1v) is 12.0. The number of carbonyl (C=O) groups is 1. The summed E-state index contributed by atoms with van der Waals surface area (Å²) >= 11 is 6.30. The Bertz CT molecular complexity index is 1280. The third kappa shape index (κ3) is 5.15. The van der Waals surface area contributed by atoms with Gasteiger partial charge in [0.25, 0.3) is 0 Å². The van der Waals surface area contributed by atoms with Crippen molar-refractivity contribution in [3.05, 3.63) is 57.7 Å². The quantitative estimate of drug-likeness (QED) is 0.460. The molecule has 9 heteroatoms. The highest BCUT2D eigenvalue weighted by Gasteiger charge is 2.35. The lowest BCUT2D eigenvalue weighted by atomic mass is 9.82. The van der Waals surface area contributed by atoms with Crippen molar-refractivity contribution in [1.29, 1.82) is 0 Å². The summed E-state index contributed by atoms with van der Waals surface area (Å²) in [6.07, 6.45) is 0.992. The van der Waals surface area contributed by atoms with E-state index in [1.165, 1.54) is 6.07 Å². The molecule has 35 heavy (non-hydrogen) atoms. The second kappa shape index (κ2) is 10.3. The summed E-state index contributed by atoms with van der Waals surface area (Å²) in [6, 6.07) is 12.3. The van der Waals surface area contributed by atoms with Crippen LogP contribution >= 0.6 is 11.6 Å². The predicted octanol–water partition coefficient (Wildman–Crippen LogP) is 4.21. The minimum absolute atomic E-state index is 0.0560. The van der Waals surface area contributed by atoms with Crippen molar-refractivity contribution in [3.63, 3.8) is 0 Å². The van der Waals surface area contributed by atoms with Crippen LogP contribution in [0, 0.1) is 5.92 Å². The Labute approximate surface area is 206 Å². The summed E-state index contributed by atoms with van der Waals surface area (Å²) in [5, 5.41) is 9.80. The molecule has 0 bridgehead atoms. The van der Waals surface area contributed by atoms with Gasteiger partial charge in [-0.1, -0.05) is 17.7 Å². The molecule has 1 aliphatic carbocycles. The van der Waals surface area contributed by atoms with Crippen LogP contribution < -0.4 is 15.1 Å². The molecule has 3 aromatic rings. The zero-order valence-corrected chi connectivity index (χ0v) is 19.8. The van der Waals surface area contributed by atoms with Gasteiger partial charge in [0.2, 0.25) is 0 Å². The van der Waals surface area contributed by atoms with Crippen LogP contribution in [-0.2, 0) is 14.3 Å². The van der Waals surface area contributed by atoms with Gasteiger partial charge >= 0.3 is 5.97 Å². The molecule has 1 saturated heterocycles. The molecule has 0 radical (unpaired) electrons. The first kappa shape index (κ1) is 23.7. The average Bonchev–Trinajstić information content (AvgIpc) is 2.83. The molecule has 8 nitrogen and oxygen atoms in total. The van der Waals surface area contributed by atoms with E-state index in [0.29, 0.717) is 65.7 Å². The Morgan fingerprint density at radius 1 is 1.11 bits per heavy atom. The van der Waals surface area contributed by atoms with Crippen molar-refractivity contribution in [2.24, 2.45) is 5.92 Å². The summed E-state index contributed by atoms with van der Waals surface area (Å²) in [5.74, 6) is -0.171. The number of anilines is 1. The van der Waals surface area contributed by atoms with Gasteiger partial charge in [0, 0.05) is 30.9 Å². The summed E-state index contributed by atoms with van der Waals surface area (Å²) in [4.78, 5) is 25.9. The fourth-order valence-corrected chi connectivity index (χ4v) is 4.61. The van der Waals surface area contributed by atoms with Crippen molar-refractivity contribution in [1.82, 2.24) is 0 Å². The highest BCUT2D eigenvalue weighted by molar-refractivity contribution is 6.34. The van der Waals surface area contributed by atoms with Gasteiger partial charge in [-0.15, -0.1) is 0 Å². The van der Waals surface area contributed by atoms with E-state index in [2.05, 4.69) is 4.90 Å². The Kier molecular flexibility index (Phi) is 6.95. The van der Waals surface area contributed by atoms with E-state index in [1.807, 2.05) is 18.2 Å². The first-order valence-electron chi connectivity index (χ1n) is 11.7. The molecule has 0 spiro atoms. The van der Waals surface area contributed by atoms with Gasteiger partial charge in [-0.25, -0.2) is 0 Å². The fourth-order valence-electron chi connectivity index (χ4n) is 4.40. The minimum Gasteiger partial charge on any atom is -0.490 e. The number of ether oxygens (including phenoxy) is 3. The lowest BCUT2D eigenvalue weighted by molar-refractivity contribution is -0.151. The van der Waals surface area contributed by atoms with Gasteiger partial charge in [0.15, 0.2) is 11.0 Å². The molecule has 184 valence electrons.